The van der Waals surface area contributed by atoms with E-state index in [1.807, 2.05) is 36.4 Å². The lowest BCUT2D eigenvalue weighted by molar-refractivity contribution is -0.300. The molecule has 0 fully saturated rings. The van der Waals surface area contributed by atoms with E-state index in [0.29, 0.717) is 5.02 Å². The number of benzene rings is 2. The number of hydrogen-bond acceptors (Lipinski definition) is 3. The van der Waals surface area contributed by atoms with E-state index >= 15 is 0 Å². The summed E-state index contributed by atoms with van der Waals surface area (Å²) in [4.78, 5) is 12.3. The maximum Gasteiger partial charge on any atom is 0.265 e. The summed E-state index contributed by atoms with van der Waals surface area (Å²) in [6, 6.07) is 16.5. The zero-order valence-corrected chi connectivity index (χ0v) is 12.4. The fraction of sp³-hybridized carbons (Fsp3) is 0.118. The van der Waals surface area contributed by atoms with Gasteiger partial charge >= 0.3 is 0 Å². The molecule has 2 aromatic carbocycles. The highest BCUT2D eigenvalue weighted by molar-refractivity contribution is 6.31. The average Bonchev–Trinajstić information content (AvgIpc) is 2.78. The second-order valence-corrected chi connectivity index (χ2v) is 5.36. The highest BCUT2D eigenvalue weighted by atomic mass is 35.5. The largest absolute Gasteiger partial charge is 0.544 e. The average molecular weight is 315 g/mol. The van der Waals surface area contributed by atoms with Crippen LogP contribution in [-0.2, 0) is 13.0 Å². The van der Waals surface area contributed by atoms with Gasteiger partial charge in [0, 0.05) is 17.0 Å². The highest BCUT2D eigenvalue weighted by Gasteiger charge is 2.11. The summed E-state index contributed by atoms with van der Waals surface area (Å²) < 4.78 is 6.12. The van der Waals surface area contributed by atoms with Crippen molar-refractivity contribution in [3.8, 4) is 5.95 Å². The Morgan fingerprint density at radius 2 is 1.73 bits per heavy atom. The van der Waals surface area contributed by atoms with Gasteiger partial charge in [-0.05, 0) is 17.2 Å². The summed E-state index contributed by atoms with van der Waals surface area (Å²) >= 11 is 6.07. The van der Waals surface area contributed by atoms with Gasteiger partial charge < -0.3 is 9.63 Å². The predicted octanol–water partition coefficient (Wildman–Crippen LogP) is 2.81. The lowest BCUT2D eigenvalue weighted by Gasteiger charge is -2.06. The van der Waals surface area contributed by atoms with Gasteiger partial charge in [-0.15, -0.1) is 0 Å². The van der Waals surface area contributed by atoms with Crippen molar-refractivity contribution in [3.63, 3.8) is 0 Å². The second-order valence-electron chi connectivity index (χ2n) is 4.95. The van der Waals surface area contributed by atoms with Crippen molar-refractivity contribution in [2.24, 2.45) is 0 Å². The number of aromatic nitrogens is 1. The van der Waals surface area contributed by atoms with Crippen molar-refractivity contribution in [1.82, 2.24) is 4.74 Å². The van der Waals surface area contributed by atoms with Crippen LogP contribution < -0.4 is 10.7 Å². The lowest BCUT2D eigenvalue weighted by Crippen LogP contribution is -2.18. The molecule has 5 heteroatoms. The summed E-state index contributed by atoms with van der Waals surface area (Å²) in [6.07, 6.45) is 0.261. The molecule has 4 nitrogen and oxygen atoms in total. The van der Waals surface area contributed by atoms with Gasteiger partial charge in [0.05, 0.1) is 12.5 Å². The smallest absolute Gasteiger partial charge is 0.265 e. The molecule has 0 radical (unpaired) electrons. The fourth-order valence-electron chi connectivity index (χ4n) is 2.27. The number of halogens is 1. The molecule has 0 N–H and O–H groups in total. The zero-order chi connectivity index (χ0) is 15.5. The Morgan fingerprint density at radius 3 is 2.45 bits per heavy atom. The normalized spacial score (nSPS) is 10.8. The van der Waals surface area contributed by atoms with Gasteiger partial charge in [-0.1, -0.05) is 60.1 Å². The van der Waals surface area contributed by atoms with E-state index in [0.717, 1.165) is 15.9 Å². The Morgan fingerprint density at radius 1 is 1.05 bits per heavy atom. The van der Waals surface area contributed by atoms with Crippen molar-refractivity contribution in [2.45, 2.75) is 13.0 Å². The third kappa shape index (κ3) is 2.92. The van der Waals surface area contributed by atoms with Gasteiger partial charge in [0.15, 0.2) is 0 Å². The number of rotatable bonds is 4. The van der Waals surface area contributed by atoms with Crippen LogP contribution in [0.5, 0.6) is 5.95 Å². The molecule has 112 valence electrons. The van der Waals surface area contributed by atoms with E-state index in [1.54, 1.807) is 18.2 Å². The molecule has 0 aliphatic carbocycles. The maximum absolute atomic E-state index is 12.3. The molecule has 0 unspecified atom stereocenters. The van der Waals surface area contributed by atoms with Crippen molar-refractivity contribution >= 4 is 11.6 Å². The van der Waals surface area contributed by atoms with Gasteiger partial charge in [0.25, 0.3) is 5.56 Å². The number of nitrogens with zero attached hydrogens (tertiary/aromatic N) is 1. The molecule has 0 saturated heterocycles. The van der Waals surface area contributed by atoms with Crippen LogP contribution in [0.1, 0.15) is 16.7 Å². The third-order valence-corrected chi connectivity index (χ3v) is 3.79. The van der Waals surface area contributed by atoms with E-state index in [9.17, 15) is 9.90 Å². The summed E-state index contributed by atoms with van der Waals surface area (Å²) in [7, 11) is 0. The van der Waals surface area contributed by atoms with Crippen LogP contribution in [0.3, 0.4) is 0 Å². The van der Waals surface area contributed by atoms with E-state index in [2.05, 4.69) is 0 Å². The van der Waals surface area contributed by atoms with Crippen LogP contribution in [-0.4, -0.2) is 4.74 Å². The minimum atomic E-state index is -0.596. The molecule has 0 bridgehead atoms. The Labute approximate surface area is 132 Å². The third-order valence-electron chi connectivity index (χ3n) is 3.42. The van der Waals surface area contributed by atoms with Gasteiger partial charge in [0.2, 0.25) is 0 Å². The van der Waals surface area contributed by atoms with Gasteiger partial charge in [-0.3, -0.25) is 9.53 Å². The molecule has 3 rings (SSSR count). The Balaban J connectivity index is 1.91. The molecular formula is C17H13ClNO3-. The lowest BCUT2D eigenvalue weighted by atomic mass is 10.1. The first-order valence-electron chi connectivity index (χ1n) is 6.82. The minimum Gasteiger partial charge on any atom is -0.544 e. The van der Waals surface area contributed by atoms with Crippen LogP contribution >= 0.6 is 11.6 Å². The summed E-state index contributed by atoms with van der Waals surface area (Å²) in [5.41, 5.74) is 1.35. The molecule has 0 amide bonds. The Kier molecular flexibility index (Phi) is 4.02. The SMILES string of the molecule is O=c1c(Cc2ccccc2)c([O-])on1Cc1ccccc1Cl. The topological polar surface area (TPSA) is 58.2 Å². The van der Waals surface area contributed by atoms with Crippen molar-refractivity contribution in [2.75, 3.05) is 0 Å². The minimum absolute atomic E-state index is 0.137. The summed E-state index contributed by atoms with van der Waals surface area (Å²) in [5, 5.41) is 12.5. The van der Waals surface area contributed by atoms with Crippen molar-refractivity contribution in [3.05, 3.63) is 86.7 Å². The van der Waals surface area contributed by atoms with E-state index in [4.69, 9.17) is 16.1 Å². The predicted molar refractivity (Wildman–Crippen MR) is 82.2 cm³/mol. The molecule has 1 heterocycles. The van der Waals surface area contributed by atoms with E-state index < -0.39 is 11.5 Å². The molecule has 1 aromatic heterocycles. The molecule has 0 aliphatic rings. The second kappa shape index (κ2) is 6.12. The first kappa shape index (κ1) is 14.5. The monoisotopic (exact) mass is 314 g/mol. The fourth-order valence-corrected chi connectivity index (χ4v) is 2.46. The van der Waals surface area contributed by atoms with E-state index in [-0.39, 0.29) is 18.5 Å². The zero-order valence-electron chi connectivity index (χ0n) is 11.7. The maximum atomic E-state index is 12.3. The van der Waals surface area contributed by atoms with Gasteiger partial charge in [-0.2, -0.15) is 0 Å². The summed E-state index contributed by atoms with van der Waals surface area (Å²) in [6.45, 7) is 0.141. The molecule has 22 heavy (non-hydrogen) atoms. The van der Waals surface area contributed by atoms with Crippen molar-refractivity contribution < 1.29 is 9.63 Å². The first-order valence-corrected chi connectivity index (χ1v) is 7.20. The van der Waals surface area contributed by atoms with Gasteiger partial charge in [0.1, 0.15) is 0 Å². The molecule has 0 aliphatic heterocycles. The quantitative estimate of drug-likeness (QED) is 0.744. The van der Waals surface area contributed by atoms with Crippen molar-refractivity contribution in [1.29, 1.82) is 0 Å². The van der Waals surface area contributed by atoms with Crippen LogP contribution in [0.15, 0.2) is 63.9 Å². The number of hydrogen-bond donors (Lipinski definition) is 0. The van der Waals surface area contributed by atoms with Crippen LogP contribution in [0.4, 0.5) is 0 Å². The Bertz CT molecular complexity index is 837. The molecule has 0 saturated carbocycles. The molecular weight excluding hydrogens is 302 g/mol. The van der Waals surface area contributed by atoms with Crippen LogP contribution in [0, 0.1) is 0 Å². The molecule has 0 atom stereocenters. The summed E-state index contributed by atoms with van der Waals surface area (Å²) in [5.74, 6) is -0.596. The first-order chi connectivity index (χ1) is 10.6. The van der Waals surface area contributed by atoms with E-state index in [1.165, 1.54) is 0 Å². The molecule has 0 spiro atoms. The highest BCUT2D eigenvalue weighted by Crippen LogP contribution is 2.19. The standard InChI is InChI=1S/C17H14ClNO3/c18-15-9-5-4-8-13(15)11-19-16(20)14(17(21)22-19)10-12-6-2-1-3-7-12/h1-9,21H,10-11H2/p-1. The van der Waals surface area contributed by atoms with Gasteiger partial charge in [-0.25, -0.2) is 0 Å². The van der Waals surface area contributed by atoms with Crippen LogP contribution in [0.25, 0.3) is 0 Å². The molecule has 3 aromatic rings. The Hall–Kier alpha value is -2.46. The van der Waals surface area contributed by atoms with Crippen LogP contribution in [0.2, 0.25) is 5.02 Å².